The van der Waals surface area contributed by atoms with Gasteiger partial charge in [-0.3, -0.25) is 4.79 Å². The van der Waals surface area contributed by atoms with Gasteiger partial charge in [0.2, 0.25) is 0 Å². The van der Waals surface area contributed by atoms with Crippen molar-refractivity contribution in [3.63, 3.8) is 0 Å². The molecule has 1 saturated heterocycles. The van der Waals surface area contributed by atoms with Crippen molar-refractivity contribution in [3.8, 4) is 0 Å². The molecule has 0 aromatic carbocycles. The van der Waals surface area contributed by atoms with Gasteiger partial charge in [-0.1, -0.05) is 25.3 Å². The number of pyridine rings is 1. The van der Waals surface area contributed by atoms with Crippen molar-refractivity contribution >= 4 is 6.03 Å². The Morgan fingerprint density at radius 3 is 2.58 bits per heavy atom. The number of rotatable bonds is 2. The van der Waals surface area contributed by atoms with E-state index < -0.39 is 0 Å². The molecule has 5 nitrogen and oxygen atoms in total. The number of urea groups is 1. The van der Waals surface area contributed by atoms with Crippen LogP contribution in [0.3, 0.4) is 0 Å². The summed E-state index contributed by atoms with van der Waals surface area (Å²) in [6, 6.07) is 4.06. The van der Waals surface area contributed by atoms with Crippen LogP contribution in [0, 0.1) is 5.92 Å². The zero-order valence-electron chi connectivity index (χ0n) is 16.0. The summed E-state index contributed by atoms with van der Waals surface area (Å²) >= 11 is 0. The summed E-state index contributed by atoms with van der Waals surface area (Å²) in [7, 11) is 0. The first-order valence-corrected chi connectivity index (χ1v) is 10.3. The Hall–Kier alpha value is -1.78. The molecule has 0 radical (unpaired) electrons. The van der Waals surface area contributed by atoms with Gasteiger partial charge in [0, 0.05) is 43.4 Å². The molecule has 2 amide bonds. The predicted molar refractivity (Wildman–Crippen MR) is 103 cm³/mol. The van der Waals surface area contributed by atoms with E-state index in [9.17, 15) is 9.59 Å². The maximum atomic E-state index is 12.6. The average molecular weight is 357 g/mol. The molecule has 1 N–H and O–H groups in total. The molecule has 5 heteroatoms. The highest BCUT2D eigenvalue weighted by molar-refractivity contribution is 5.74. The Kier molecular flexibility index (Phi) is 4.80. The number of nitrogens with zero attached hydrogens (tertiary/aromatic N) is 2. The third-order valence-electron chi connectivity index (χ3n) is 6.37. The number of amides is 2. The summed E-state index contributed by atoms with van der Waals surface area (Å²) < 4.78 is 2.04. The lowest BCUT2D eigenvalue weighted by Crippen LogP contribution is -2.53. The topological polar surface area (TPSA) is 54.3 Å². The summed E-state index contributed by atoms with van der Waals surface area (Å²) in [6.07, 6.45) is 7.49. The smallest absolute Gasteiger partial charge is 0.317 e. The molecular weight excluding hydrogens is 326 g/mol. The van der Waals surface area contributed by atoms with E-state index in [0.717, 1.165) is 26.1 Å². The molecule has 1 aromatic rings. The van der Waals surface area contributed by atoms with E-state index in [4.69, 9.17) is 0 Å². The van der Waals surface area contributed by atoms with Crippen molar-refractivity contribution in [3.05, 3.63) is 33.7 Å². The van der Waals surface area contributed by atoms with Crippen molar-refractivity contribution in [1.29, 1.82) is 0 Å². The minimum Gasteiger partial charge on any atom is -0.336 e. The Balaban J connectivity index is 1.66. The lowest BCUT2D eigenvalue weighted by molar-refractivity contribution is 0.129. The van der Waals surface area contributed by atoms with Gasteiger partial charge in [-0.25, -0.2) is 4.79 Å². The fraction of sp³-hybridized carbons (Fsp3) is 0.714. The van der Waals surface area contributed by atoms with Gasteiger partial charge in [0.25, 0.3) is 5.56 Å². The van der Waals surface area contributed by atoms with Gasteiger partial charge in [-0.15, -0.1) is 0 Å². The number of hydrogen-bond donors (Lipinski definition) is 1. The fourth-order valence-electron chi connectivity index (χ4n) is 5.31. The summed E-state index contributed by atoms with van der Waals surface area (Å²) in [5.41, 5.74) is 2.76. The molecule has 0 spiro atoms. The normalized spacial score (nSPS) is 25.9. The van der Waals surface area contributed by atoms with Crippen LogP contribution in [0.15, 0.2) is 16.9 Å². The second kappa shape index (κ2) is 7.09. The highest BCUT2D eigenvalue weighted by Gasteiger charge is 2.38. The molecule has 1 saturated carbocycles. The van der Waals surface area contributed by atoms with E-state index in [1.54, 1.807) is 6.07 Å². The standard InChI is InChI=1S/C21H31N3O2/c1-14(2)22-21(26)23-11-15-10-17(13-23)20-18(16-6-4-3-5-7-16)8-9-19(25)24(20)12-15/h8-9,14-17H,3-7,10-13H2,1-2H3,(H,22,26)/t15-,17-/m1/s1. The number of carbonyl (C=O) groups is 1. The molecule has 2 atom stereocenters. The average Bonchev–Trinajstić information content (AvgIpc) is 2.62. The summed E-state index contributed by atoms with van der Waals surface area (Å²) in [5.74, 6) is 1.27. The van der Waals surface area contributed by atoms with Crippen molar-refractivity contribution in [2.45, 2.75) is 76.8 Å². The van der Waals surface area contributed by atoms with Crippen LogP contribution in [0.2, 0.25) is 0 Å². The SMILES string of the molecule is CC(C)NC(=O)N1C[C@H]2C[C@H](C1)c1c(C3CCCCC3)ccc(=O)n1C2. The Morgan fingerprint density at radius 1 is 1.08 bits per heavy atom. The molecule has 3 heterocycles. The second-order valence-corrected chi connectivity index (χ2v) is 8.77. The highest BCUT2D eigenvalue weighted by atomic mass is 16.2. The molecule has 2 bridgehead atoms. The monoisotopic (exact) mass is 357 g/mol. The van der Waals surface area contributed by atoms with Crippen LogP contribution in [0.5, 0.6) is 0 Å². The van der Waals surface area contributed by atoms with Gasteiger partial charge in [-0.05, 0) is 50.5 Å². The van der Waals surface area contributed by atoms with E-state index in [2.05, 4.69) is 11.4 Å². The Bertz CT molecular complexity index is 733. The van der Waals surface area contributed by atoms with Gasteiger partial charge in [-0.2, -0.15) is 0 Å². The van der Waals surface area contributed by atoms with Crippen molar-refractivity contribution in [1.82, 2.24) is 14.8 Å². The van der Waals surface area contributed by atoms with Gasteiger partial charge < -0.3 is 14.8 Å². The molecule has 1 aliphatic carbocycles. The first kappa shape index (κ1) is 17.6. The van der Waals surface area contributed by atoms with Crippen LogP contribution < -0.4 is 10.9 Å². The molecule has 2 fully saturated rings. The molecule has 1 aromatic heterocycles. The largest absolute Gasteiger partial charge is 0.336 e. The van der Waals surface area contributed by atoms with Crippen LogP contribution >= 0.6 is 0 Å². The lowest BCUT2D eigenvalue weighted by Gasteiger charge is -2.44. The number of nitrogens with one attached hydrogen (secondary N) is 1. The number of fused-ring (bicyclic) bond motifs is 4. The van der Waals surface area contributed by atoms with Crippen LogP contribution in [-0.4, -0.2) is 34.6 Å². The highest BCUT2D eigenvalue weighted by Crippen LogP contribution is 2.42. The molecule has 0 unspecified atom stereocenters. The molecule has 26 heavy (non-hydrogen) atoms. The summed E-state index contributed by atoms with van der Waals surface area (Å²) in [5, 5.41) is 3.03. The quantitative estimate of drug-likeness (QED) is 0.881. The van der Waals surface area contributed by atoms with E-state index in [0.29, 0.717) is 17.8 Å². The maximum Gasteiger partial charge on any atom is 0.317 e. The number of aromatic nitrogens is 1. The van der Waals surface area contributed by atoms with Gasteiger partial charge in [0.05, 0.1) is 0 Å². The maximum absolute atomic E-state index is 12.6. The molecule has 4 rings (SSSR count). The third-order valence-corrected chi connectivity index (χ3v) is 6.37. The van der Waals surface area contributed by atoms with Crippen LogP contribution in [0.25, 0.3) is 0 Å². The predicted octanol–water partition coefficient (Wildman–Crippen LogP) is 3.43. The van der Waals surface area contributed by atoms with Crippen molar-refractivity contribution in [2.24, 2.45) is 5.92 Å². The first-order valence-electron chi connectivity index (χ1n) is 10.3. The summed E-state index contributed by atoms with van der Waals surface area (Å²) in [6.45, 7) is 6.25. The fourth-order valence-corrected chi connectivity index (χ4v) is 5.31. The van der Waals surface area contributed by atoms with E-state index in [-0.39, 0.29) is 17.6 Å². The first-order chi connectivity index (χ1) is 12.5. The molecule has 2 aliphatic heterocycles. The molecule has 3 aliphatic rings. The number of likely N-dealkylation sites (tertiary alicyclic amines) is 1. The number of piperidine rings is 1. The van der Waals surface area contributed by atoms with Gasteiger partial charge in [0.15, 0.2) is 0 Å². The van der Waals surface area contributed by atoms with Gasteiger partial charge in [0.1, 0.15) is 0 Å². The van der Waals surface area contributed by atoms with Crippen LogP contribution in [0.1, 0.15) is 75.5 Å². The van der Waals surface area contributed by atoms with E-state index in [1.165, 1.54) is 43.4 Å². The molecular formula is C21H31N3O2. The van der Waals surface area contributed by atoms with Gasteiger partial charge >= 0.3 is 6.03 Å². The Morgan fingerprint density at radius 2 is 1.85 bits per heavy atom. The Labute approximate surface area is 155 Å². The minimum absolute atomic E-state index is 0.0423. The molecule has 142 valence electrons. The zero-order chi connectivity index (χ0) is 18.3. The van der Waals surface area contributed by atoms with E-state index in [1.807, 2.05) is 23.3 Å². The van der Waals surface area contributed by atoms with Crippen LogP contribution in [-0.2, 0) is 6.54 Å². The number of hydrogen-bond acceptors (Lipinski definition) is 2. The number of carbonyl (C=O) groups excluding carboxylic acids is 1. The van der Waals surface area contributed by atoms with Crippen LogP contribution in [0.4, 0.5) is 4.79 Å². The third kappa shape index (κ3) is 3.28. The van der Waals surface area contributed by atoms with Crippen molar-refractivity contribution < 1.29 is 4.79 Å². The second-order valence-electron chi connectivity index (χ2n) is 8.77. The summed E-state index contributed by atoms with van der Waals surface area (Å²) in [4.78, 5) is 27.1. The lowest BCUT2D eigenvalue weighted by atomic mass is 9.76. The van der Waals surface area contributed by atoms with Crippen molar-refractivity contribution in [2.75, 3.05) is 13.1 Å². The van der Waals surface area contributed by atoms with E-state index >= 15 is 0 Å². The minimum atomic E-state index is 0.0423. The zero-order valence-corrected chi connectivity index (χ0v) is 16.0.